The number of hydrogen-bond acceptors (Lipinski definition) is 4. The highest BCUT2D eigenvalue weighted by Crippen LogP contribution is 2.12. The number of primary amides is 1. The predicted octanol–water partition coefficient (Wildman–Crippen LogP) is 0.326. The van der Waals surface area contributed by atoms with E-state index in [1.807, 2.05) is 0 Å². The first kappa shape index (κ1) is 16.9. The summed E-state index contributed by atoms with van der Waals surface area (Å²) in [6.45, 7) is 3.39. The average molecular weight is 309 g/mol. The fraction of sp³-hybridized carbons (Fsp3) is 0.357. The van der Waals surface area contributed by atoms with Crippen LogP contribution in [0.5, 0.6) is 5.75 Å². The average Bonchev–Trinajstić information content (AvgIpc) is 2.42. The Labute approximate surface area is 128 Å². The summed E-state index contributed by atoms with van der Waals surface area (Å²) >= 11 is 4.84. The number of rotatable bonds is 7. The van der Waals surface area contributed by atoms with Crippen molar-refractivity contribution in [3.05, 3.63) is 29.8 Å². The molecule has 1 unspecified atom stereocenters. The molecule has 1 rings (SSSR count). The van der Waals surface area contributed by atoms with Crippen molar-refractivity contribution in [1.82, 2.24) is 5.32 Å². The molecule has 5 N–H and O–H groups in total. The second-order valence-corrected chi connectivity index (χ2v) is 5.31. The van der Waals surface area contributed by atoms with Crippen molar-refractivity contribution < 1.29 is 14.3 Å². The van der Waals surface area contributed by atoms with Gasteiger partial charge in [-0.25, -0.2) is 0 Å². The largest absolute Gasteiger partial charge is 0.484 e. The van der Waals surface area contributed by atoms with E-state index in [1.54, 1.807) is 38.1 Å². The highest BCUT2D eigenvalue weighted by atomic mass is 32.1. The fourth-order valence-electron chi connectivity index (χ4n) is 1.65. The summed E-state index contributed by atoms with van der Waals surface area (Å²) < 4.78 is 5.31. The van der Waals surface area contributed by atoms with Crippen LogP contribution in [0.15, 0.2) is 24.3 Å². The molecule has 6 nitrogen and oxygen atoms in total. The molecule has 0 radical (unpaired) electrons. The third-order valence-corrected chi connectivity index (χ3v) is 3.03. The van der Waals surface area contributed by atoms with Crippen molar-refractivity contribution in [2.45, 2.75) is 19.9 Å². The summed E-state index contributed by atoms with van der Waals surface area (Å²) in [4.78, 5) is 23.2. The molecular weight excluding hydrogens is 290 g/mol. The number of ether oxygens (including phenoxy) is 1. The van der Waals surface area contributed by atoms with E-state index in [-0.39, 0.29) is 12.5 Å². The minimum atomic E-state index is -0.710. The first-order valence-corrected chi connectivity index (χ1v) is 6.83. The van der Waals surface area contributed by atoms with Crippen molar-refractivity contribution in [2.75, 3.05) is 6.61 Å². The minimum absolute atomic E-state index is 0.0868. The minimum Gasteiger partial charge on any atom is -0.484 e. The van der Waals surface area contributed by atoms with Crippen molar-refractivity contribution in [2.24, 2.45) is 17.4 Å². The number of nitrogens with one attached hydrogen (secondary N) is 1. The standard InChI is InChI=1S/C14H19N3O3S/c1-8(2)12(13(15)19)17-11(18)7-20-10-5-3-9(4-6-10)14(16)21/h3-6,8,12H,7H2,1-2H3,(H2,15,19)(H2,16,21)(H,17,18). The molecule has 0 aromatic heterocycles. The Balaban J connectivity index is 2.52. The number of carbonyl (C=O) groups excluding carboxylic acids is 2. The zero-order valence-electron chi connectivity index (χ0n) is 12.0. The van der Waals surface area contributed by atoms with Gasteiger partial charge in [-0.1, -0.05) is 26.1 Å². The van der Waals surface area contributed by atoms with Crippen LogP contribution in [0.2, 0.25) is 0 Å². The highest BCUT2D eigenvalue weighted by molar-refractivity contribution is 7.80. The van der Waals surface area contributed by atoms with E-state index in [9.17, 15) is 9.59 Å². The van der Waals surface area contributed by atoms with Gasteiger partial charge >= 0.3 is 0 Å². The number of amides is 2. The summed E-state index contributed by atoms with van der Waals surface area (Å²) in [5.41, 5.74) is 11.4. The molecule has 21 heavy (non-hydrogen) atoms. The van der Waals surface area contributed by atoms with Gasteiger partial charge in [0.05, 0.1) is 0 Å². The molecule has 0 fully saturated rings. The number of nitrogens with two attached hydrogens (primary N) is 2. The molecule has 0 bridgehead atoms. The van der Waals surface area contributed by atoms with Gasteiger partial charge in [-0.05, 0) is 30.2 Å². The van der Waals surface area contributed by atoms with E-state index in [2.05, 4.69) is 5.32 Å². The zero-order valence-corrected chi connectivity index (χ0v) is 12.8. The number of benzene rings is 1. The smallest absolute Gasteiger partial charge is 0.258 e. The summed E-state index contributed by atoms with van der Waals surface area (Å²) in [6.07, 6.45) is 0. The van der Waals surface area contributed by atoms with Crippen molar-refractivity contribution in [3.63, 3.8) is 0 Å². The van der Waals surface area contributed by atoms with Crippen LogP contribution in [0.4, 0.5) is 0 Å². The first-order valence-electron chi connectivity index (χ1n) is 6.42. The van der Waals surface area contributed by atoms with E-state index in [4.69, 9.17) is 28.4 Å². The molecule has 0 aliphatic heterocycles. The SMILES string of the molecule is CC(C)C(NC(=O)COc1ccc(C(N)=S)cc1)C(N)=O. The lowest BCUT2D eigenvalue weighted by Crippen LogP contribution is -2.49. The van der Waals surface area contributed by atoms with Gasteiger partial charge in [0.25, 0.3) is 5.91 Å². The van der Waals surface area contributed by atoms with E-state index in [1.165, 1.54) is 0 Å². The topological polar surface area (TPSA) is 107 Å². The number of carbonyl (C=O) groups is 2. The molecule has 0 saturated carbocycles. The quantitative estimate of drug-likeness (QED) is 0.629. The summed E-state index contributed by atoms with van der Waals surface area (Å²) in [6, 6.07) is 6.02. The molecule has 1 aromatic carbocycles. The Morgan fingerprint density at radius 3 is 2.24 bits per heavy atom. The highest BCUT2D eigenvalue weighted by Gasteiger charge is 2.21. The normalized spacial score (nSPS) is 11.8. The summed E-state index contributed by atoms with van der Waals surface area (Å²) in [7, 11) is 0. The van der Waals surface area contributed by atoms with Gasteiger partial charge in [0, 0.05) is 5.56 Å². The van der Waals surface area contributed by atoms with Crippen LogP contribution in [0, 0.1) is 5.92 Å². The van der Waals surface area contributed by atoms with Crippen LogP contribution >= 0.6 is 12.2 Å². The molecular formula is C14H19N3O3S. The van der Waals surface area contributed by atoms with E-state index in [0.29, 0.717) is 10.7 Å². The molecule has 7 heteroatoms. The van der Waals surface area contributed by atoms with Crippen LogP contribution in [0.25, 0.3) is 0 Å². The van der Waals surface area contributed by atoms with E-state index >= 15 is 0 Å². The van der Waals surface area contributed by atoms with Crippen LogP contribution in [0.3, 0.4) is 0 Å². The molecule has 1 aromatic rings. The fourth-order valence-corrected chi connectivity index (χ4v) is 1.78. The van der Waals surface area contributed by atoms with E-state index in [0.717, 1.165) is 5.56 Å². The number of hydrogen-bond donors (Lipinski definition) is 3. The lowest BCUT2D eigenvalue weighted by molar-refractivity contribution is -0.129. The lowest BCUT2D eigenvalue weighted by atomic mass is 10.0. The molecule has 0 heterocycles. The van der Waals surface area contributed by atoms with Gasteiger partial charge in [-0.3, -0.25) is 9.59 Å². The number of thiocarbonyl (C=S) groups is 1. The van der Waals surface area contributed by atoms with Gasteiger partial charge in [-0.2, -0.15) is 0 Å². The molecule has 0 aliphatic carbocycles. The third-order valence-electron chi connectivity index (χ3n) is 2.80. The van der Waals surface area contributed by atoms with Crippen molar-refractivity contribution in [1.29, 1.82) is 0 Å². The van der Waals surface area contributed by atoms with Gasteiger partial charge in [0.15, 0.2) is 6.61 Å². The Morgan fingerprint density at radius 2 is 1.81 bits per heavy atom. The Bertz CT molecular complexity index is 529. The molecule has 0 saturated heterocycles. The molecule has 0 aliphatic rings. The molecule has 0 spiro atoms. The second-order valence-electron chi connectivity index (χ2n) is 4.87. The van der Waals surface area contributed by atoms with Crippen LogP contribution in [-0.2, 0) is 9.59 Å². The van der Waals surface area contributed by atoms with Crippen molar-refractivity contribution in [3.8, 4) is 5.75 Å². The maximum atomic E-state index is 11.7. The van der Waals surface area contributed by atoms with Crippen LogP contribution in [0.1, 0.15) is 19.4 Å². The molecule has 1 atom stereocenters. The van der Waals surface area contributed by atoms with Gasteiger partial charge < -0.3 is 21.5 Å². The second kappa shape index (κ2) is 7.58. The van der Waals surface area contributed by atoms with Crippen LogP contribution in [-0.4, -0.2) is 29.5 Å². The monoisotopic (exact) mass is 309 g/mol. The van der Waals surface area contributed by atoms with Crippen LogP contribution < -0.4 is 21.5 Å². The van der Waals surface area contributed by atoms with Crippen molar-refractivity contribution >= 4 is 29.0 Å². The first-order chi connectivity index (χ1) is 9.81. The summed E-state index contributed by atoms with van der Waals surface area (Å²) in [5, 5.41) is 2.54. The predicted molar refractivity (Wildman–Crippen MR) is 83.8 cm³/mol. The van der Waals surface area contributed by atoms with Gasteiger partial charge in [0.2, 0.25) is 5.91 Å². The summed E-state index contributed by atoms with van der Waals surface area (Å²) in [5.74, 6) is -0.563. The Kier molecular flexibility index (Phi) is 6.10. The third kappa shape index (κ3) is 5.39. The zero-order chi connectivity index (χ0) is 16.0. The van der Waals surface area contributed by atoms with Gasteiger partial charge in [0.1, 0.15) is 16.8 Å². The van der Waals surface area contributed by atoms with E-state index < -0.39 is 17.9 Å². The molecule has 2 amide bonds. The Morgan fingerprint density at radius 1 is 1.24 bits per heavy atom. The molecule has 114 valence electrons. The van der Waals surface area contributed by atoms with Gasteiger partial charge in [-0.15, -0.1) is 0 Å². The maximum Gasteiger partial charge on any atom is 0.258 e. The Hall–Kier alpha value is -2.15. The maximum absolute atomic E-state index is 11.7. The lowest BCUT2D eigenvalue weighted by Gasteiger charge is -2.18.